The fourth-order valence-corrected chi connectivity index (χ4v) is 1.97. The Morgan fingerprint density at radius 1 is 1.19 bits per heavy atom. The van der Waals surface area contributed by atoms with Crippen molar-refractivity contribution >= 4 is 17.6 Å². The van der Waals surface area contributed by atoms with Crippen molar-refractivity contribution in [2.24, 2.45) is 4.99 Å². The van der Waals surface area contributed by atoms with E-state index in [0.717, 1.165) is 49.1 Å². The van der Waals surface area contributed by atoms with Crippen molar-refractivity contribution < 1.29 is 4.74 Å². The van der Waals surface area contributed by atoms with Gasteiger partial charge in [0, 0.05) is 38.4 Å². The molecule has 0 aromatic heterocycles. The number of nitrogens with zero attached hydrogens (tertiary/aromatic N) is 1. The van der Waals surface area contributed by atoms with Crippen molar-refractivity contribution in [1.29, 1.82) is 0 Å². The topological polar surface area (TPSA) is 45.6 Å². The Kier molecular flexibility index (Phi) is 9.66. The van der Waals surface area contributed by atoms with Gasteiger partial charge in [0.15, 0.2) is 5.96 Å². The highest BCUT2D eigenvalue weighted by Crippen LogP contribution is 2.14. The minimum atomic E-state index is 0.659. The minimum Gasteiger partial charge on any atom is -0.381 e. The Morgan fingerprint density at radius 3 is 2.67 bits per heavy atom. The normalized spacial score (nSPS) is 11.5. The summed E-state index contributed by atoms with van der Waals surface area (Å²) in [4.78, 5) is 4.19. The monoisotopic (exact) mass is 311 g/mol. The van der Waals surface area contributed by atoms with Gasteiger partial charge in [-0.3, -0.25) is 4.99 Å². The van der Waals surface area contributed by atoms with Crippen LogP contribution in [0, 0.1) is 0 Å². The van der Waals surface area contributed by atoms with E-state index in [-0.39, 0.29) is 0 Å². The van der Waals surface area contributed by atoms with Crippen LogP contribution in [0.3, 0.4) is 0 Å². The first-order valence-electron chi connectivity index (χ1n) is 7.53. The molecule has 5 heteroatoms. The zero-order chi connectivity index (χ0) is 15.3. The predicted molar refractivity (Wildman–Crippen MR) is 90.0 cm³/mol. The number of ether oxygens (including phenoxy) is 1. The van der Waals surface area contributed by atoms with E-state index in [0.29, 0.717) is 6.54 Å². The van der Waals surface area contributed by atoms with E-state index in [9.17, 15) is 0 Å². The smallest absolute Gasteiger partial charge is 0.191 e. The number of guanidine groups is 1. The second-order valence-corrected chi connectivity index (χ2v) is 5.17. The number of hydrogen-bond acceptors (Lipinski definition) is 2. The molecule has 0 radical (unpaired) electrons. The highest BCUT2D eigenvalue weighted by Gasteiger charge is 2.01. The van der Waals surface area contributed by atoms with Crippen LogP contribution >= 0.6 is 11.6 Å². The van der Waals surface area contributed by atoms with Gasteiger partial charge in [-0.15, -0.1) is 0 Å². The molecule has 0 unspecified atom stereocenters. The zero-order valence-corrected chi connectivity index (χ0v) is 13.7. The third kappa shape index (κ3) is 7.93. The molecule has 1 aromatic carbocycles. The Morgan fingerprint density at radius 2 is 1.95 bits per heavy atom. The summed E-state index contributed by atoms with van der Waals surface area (Å²) in [7, 11) is 1.76. The second kappa shape index (κ2) is 11.4. The lowest BCUT2D eigenvalue weighted by Gasteiger charge is -2.12. The lowest BCUT2D eigenvalue weighted by atomic mass is 10.2. The van der Waals surface area contributed by atoms with Gasteiger partial charge in [-0.2, -0.15) is 0 Å². The van der Waals surface area contributed by atoms with E-state index in [4.69, 9.17) is 16.3 Å². The van der Waals surface area contributed by atoms with Gasteiger partial charge in [0.05, 0.1) is 0 Å². The third-order valence-electron chi connectivity index (χ3n) is 3.03. The quantitative estimate of drug-likeness (QED) is 0.418. The predicted octanol–water partition coefficient (Wildman–Crippen LogP) is 3.21. The minimum absolute atomic E-state index is 0.659. The van der Waals surface area contributed by atoms with E-state index < -0.39 is 0 Å². The summed E-state index contributed by atoms with van der Waals surface area (Å²) in [6, 6.07) is 7.80. The fourth-order valence-electron chi connectivity index (χ4n) is 1.77. The number of halogens is 1. The lowest BCUT2D eigenvalue weighted by Crippen LogP contribution is -2.37. The molecular weight excluding hydrogens is 286 g/mol. The number of hydrogen-bond donors (Lipinski definition) is 2. The summed E-state index contributed by atoms with van der Waals surface area (Å²) in [5.41, 5.74) is 1.06. The molecule has 0 aliphatic rings. The van der Waals surface area contributed by atoms with Gasteiger partial charge in [-0.05, 0) is 24.5 Å². The fraction of sp³-hybridized carbons (Fsp3) is 0.562. The van der Waals surface area contributed by atoms with E-state index >= 15 is 0 Å². The van der Waals surface area contributed by atoms with Crippen molar-refractivity contribution in [3.63, 3.8) is 0 Å². The molecule has 0 fully saturated rings. The molecule has 4 nitrogen and oxygen atoms in total. The molecule has 0 heterocycles. The maximum atomic E-state index is 6.12. The SMILES string of the molecule is CCCCOCCCNC(=NC)NCc1ccccc1Cl. The molecule has 0 bridgehead atoms. The Labute approximate surface area is 132 Å². The summed E-state index contributed by atoms with van der Waals surface area (Å²) in [5, 5.41) is 7.29. The number of rotatable bonds is 9. The van der Waals surface area contributed by atoms with E-state index in [1.165, 1.54) is 6.42 Å². The van der Waals surface area contributed by atoms with Crippen LogP contribution < -0.4 is 10.6 Å². The molecule has 2 N–H and O–H groups in total. The van der Waals surface area contributed by atoms with E-state index in [1.807, 2.05) is 24.3 Å². The Hall–Kier alpha value is -1.26. The van der Waals surface area contributed by atoms with Crippen molar-refractivity contribution in [3.05, 3.63) is 34.9 Å². The number of aliphatic imine (C=N–C) groups is 1. The van der Waals surface area contributed by atoms with Gasteiger partial charge < -0.3 is 15.4 Å². The summed E-state index contributed by atoms with van der Waals surface area (Å²) < 4.78 is 5.52. The molecule has 1 rings (SSSR count). The maximum Gasteiger partial charge on any atom is 0.191 e. The van der Waals surface area contributed by atoms with Crippen molar-refractivity contribution in [2.45, 2.75) is 32.7 Å². The first kappa shape index (κ1) is 17.8. The molecule has 0 saturated heterocycles. The van der Waals surface area contributed by atoms with Gasteiger partial charge in [0.2, 0.25) is 0 Å². The molecule has 0 aliphatic heterocycles. The van der Waals surface area contributed by atoms with Gasteiger partial charge in [-0.25, -0.2) is 0 Å². The molecular formula is C16H26ClN3O. The summed E-state index contributed by atoms with van der Waals surface area (Å²) in [6.07, 6.45) is 3.28. The maximum absolute atomic E-state index is 6.12. The summed E-state index contributed by atoms with van der Waals surface area (Å²) >= 11 is 6.12. The zero-order valence-electron chi connectivity index (χ0n) is 13.0. The van der Waals surface area contributed by atoms with E-state index in [1.54, 1.807) is 7.05 Å². The van der Waals surface area contributed by atoms with Crippen molar-refractivity contribution in [3.8, 4) is 0 Å². The molecule has 0 saturated carbocycles. The number of nitrogens with one attached hydrogen (secondary N) is 2. The second-order valence-electron chi connectivity index (χ2n) is 4.76. The average molecular weight is 312 g/mol. The Balaban J connectivity index is 2.16. The van der Waals surface area contributed by atoms with Gasteiger partial charge in [0.25, 0.3) is 0 Å². The van der Waals surface area contributed by atoms with Crippen LogP contribution in [0.5, 0.6) is 0 Å². The van der Waals surface area contributed by atoms with Gasteiger partial charge >= 0.3 is 0 Å². The average Bonchev–Trinajstić information content (AvgIpc) is 2.51. The van der Waals surface area contributed by atoms with Crippen molar-refractivity contribution in [2.75, 3.05) is 26.8 Å². The highest BCUT2D eigenvalue weighted by atomic mass is 35.5. The van der Waals surface area contributed by atoms with Crippen LogP contribution in [0.15, 0.2) is 29.3 Å². The van der Waals surface area contributed by atoms with Crippen LogP contribution in [-0.2, 0) is 11.3 Å². The first-order valence-corrected chi connectivity index (χ1v) is 7.91. The first-order chi connectivity index (χ1) is 10.3. The largest absolute Gasteiger partial charge is 0.381 e. The Bertz CT molecular complexity index is 424. The highest BCUT2D eigenvalue weighted by molar-refractivity contribution is 6.31. The number of benzene rings is 1. The molecule has 0 amide bonds. The molecule has 0 spiro atoms. The van der Waals surface area contributed by atoms with Gasteiger partial charge in [0.1, 0.15) is 0 Å². The van der Waals surface area contributed by atoms with Crippen LogP contribution in [0.25, 0.3) is 0 Å². The summed E-state index contributed by atoms with van der Waals surface area (Å²) in [6.45, 7) is 5.31. The molecule has 1 aromatic rings. The van der Waals surface area contributed by atoms with Crippen LogP contribution in [0.4, 0.5) is 0 Å². The third-order valence-corrected chi connectivity index (χ3v) is 3.40. The molecule has 118 valence electrons. The van der Waals surface area contributed by atoms with E-state index in [2.05, 4.69) is 22.5 Å². The van der Waals surface area contributed by atoms with Crippen LogP contribution in [0.1, 0.15) is 31.7 Å². The van der Waals surface area contributed by atoms with Crippen molar-refractivity contribution in [1.82, 2.24) is 10.6 Å². The standard InChI is InChI=1S/C16H26ClN3O/c1-3-4-11-21-12-7-10-19-16(18-2)20-13-14-8-5-6-9-15(14)17/h5-6,8-9H,3-4,7,10-13H2,1-2H3,(H2,18,19,20). The van der Waals surface area contributed by atoms with Crippen LogP contribution in [-0.4, -0.2) is 32.8 Å². The number of unbranched alkanes of at least 4 members (excludes halogenated alkanes) is 1. The van der Waals surface area contributed by atoms with Gasteiger partial charge in [-0.1, -0.05) is 43.1 Å². The van der Waals surface area contributed by atoms with Crippen LogP contribution in [0.2, 0.25) is 5.02 Å². The molecule has 0 aliphatic carbocycles. The molecule has 21 heavy (non-hydrogen) atoms. The summed E-state index contributed by atoms with van der Waals surface area (Å²) in [5.74, 6) is 0.781. The lowest BCUT2D eigenvalue weighted by molar-refractivity contribution is 0.129. The molecule has 0 atom stereocenters.